The van der Waals surface area contributed by atoms with Gasteiger partial charge in [-0.2, -0.15) is 0 Å². The van der Waals surface area contributed by atoms with E-state index in [-0.39, 0.29) is 6.04 Å². The minimum Gasteiger partial charge on any atom is -0.491 e. The molecule has 1 aromatic carbocycles. The van der Waals surface area contributed by atoms with Gasteiger partial charge >= 0.3 is 0 Å². The number of halogens is 1. The van der Waals surface area contributed by atoms with Crippen molar-refractivity contribution in [1.82, 2.24) is 4.90 Å². The zero-order valence-corrected chi connectivity index (χ0v) is 11.2. The lowest BCUT2D eigenvalue weighted by molar-refractivity contribution is 0.151. The van der Waals surface area contributed by atoms with Crippen LogP contribution in [0.15, 0.2) is 18.2 Å². The molecule has 0 spiro atoms. The molecule has 1 fully saturated rings. The van der Waals surface area contributed by atoms with Crippen molar-refractivity contribution in [3.05, 3.63) is 28.8 Å². The maximum atomic E-state index is 6.37. The van der Waals surface area contributed by atoms with Gasteiger partial charge in [0, 0.05) is 24.1 Å². The topological polar surface area (TPSA) is 38.5 Å². The zero-order chi connectivity index (χ0) is 12.5. The Morgan fingerprint density at radius 3 is 2.89 bits per heavy atom. The first kappa shape index (κ1) is 12.3. The number of benzene rings is 1. The Bertz CT molecular complexity index is 432. The van der Waals surface area contributed by atoms with Gasteiger partial charge in [0.25, 0.3) is 0 Å². The molecule has 2 atom stereocenters. The van der Waals surface area contributed by atoms with Crippen molar-refractivity contribution >= 4 is 11.6 Å². The number of fused-ring (bicyclic) bond motifs is 1. The summed E-state index contributed by atoms with van der Waals surface area (Å²) in [4.78, 5) is 2.49. The van der Waals surface area contributed by atoms with Crippen LogP contribution in [0.2, 0.25) is 5.02 Å². The fourth-order valence-corrected chi connectivity index (χ4v) is 3.19. The Morgan fingerprint density at radius 1 is 1.33 bits per heavy atom. The Labute approximate surface area is 113 Å². The molecule has 0 saturated carbocycles. The van der Waals surface area contributed by atoms with Crippen LogP contribution in [0.25, 0.3) is 0 Å². The number of nitrogens with two attached hydrogens (primary N) is 1. The molecule has 18 heavy (non-hydrogen) atoms. The molecule has 2 heterocycles. The number of likely N-dealkylation sites (tertiary alicyclic amines) is 1. The van der Waals surface area contributed by atoms with Crippen LogP contribution < -0.4 is 10.5 Å². The van der Waals surface area contributed by atoms with Gasteiger partial charge in [0.05, 0.1) is 11.6 Å². The quantitative estimate of drug-likeness (QED) is 0.894. The van der Waals surface area contributed by atoms with Gasteiger partial charge in [0.2, 0.25) is 0 Å². The lowest BCUT2D eigenvalue weighted by atomic mass is 9.91. The third-order valence-corrected chi connectivity index (χ3v) is 4.30. The second-order valence-corrected chi connectivity index (χ2v) is 5.67. The van der Waals surface area contributed by atoms with E-state index in [1.54, 1.807) is 0 Å². The Balaban J connectivity index is 1.76. The summed E-state index contributed by atoms with van der Waals surface area (Å²) in [5, 5.41) is 0.669. The van der Waals surface area contributed by atoms with Gasteiger partial charge in [0.1, 0.15) is 5.75 Å². The van der Waals surface area contributed by atoms with Crippen LogP contribution in [-0.4, -0.2) is 31.1 Å². The van der Waals surface area contributed by atoms with E-state index in [2.05, 4.69) is 4.90 Å². The van der Waals surface area contributed by atoms with E-state index >= 15 is 0 Å². The molecular formula is C14H19ClN2O. The lowest BCUT2D eigenvalue weighted by Crippen LogP contribution is -2.39. The van der Waals surface area contributed by atoms with E-state index in [0.29, 0.717) is 17.5 Å². The van der Waals surface area contributed by atoms with Crippen LogP contribution in [-0.2, 0) is 0 Å². The van der Waals surface area contributed by atoms with Crippen LogP contribution in [0.1, 0.15) is 24.4 Å². The van der Waals surface area contributed by atoms with Gasteiger partial charge in [-0.05, 0) is 32.0 Å². The number of nitrogens with zero attached hydrogens (tertiary/aromatic N) is 1. The van der Waals surface area contributed by atoms with Crippen molar-refractivity contribution in [3.63, 3.8) is 0 Å². The molecule has 98 valence electrons. The molecule has 2 unspecified atom stereocenters. The van der Waals surface area contributed by atoms with E-state index in [1.165, 1.54) is 25.9 Å². The van der Waals surface area contributed by atoms with Crippen molar-refractivity contribution in [2.24, 2.45) is 11.7 Å². The highest BCUT2D eigenvalue weighted by atomic mass is 35.5. The second kappa shape index (κ2) is 5.08. The SMILES string of the molecule is NC1c2cccc(Cl)c2OCC1CN1CCCC1. The number of rotatable bonds is 2. The lowest BCUT2D eigenvalue weighted by Gasteiger charge is -2.34. The standard InChI is InChI=1S/C14H19ClN2O/c15-12-5-3-4-11-13(16)10(9-18-14(11)12)8-17-6-1-2-7-17/h3-5,10,13H,1-2,6-9,16H2. The van der Waals surface area contributed by atoms with Crippen molar-refractivity contribution in [2.75, 3.05) is 26.2 Å². The summed E-state index contributed by atoms with van der Waals surface area (Å²) >= 11 is 6.13. The number of para-hydroxylation sites is 1. The Hall–Kier alpha value is -0.770. The minimum atomic E-state index is 0.0352. The van der Waals surface area contributed by atoms with E-state index in [1.807, 2.05) is 18.2 Å². The van der Waals surface area contributed by atoms with Crippen molar-refractivity contribution in [2.45, 2.75) is 18.9 Å². The van der Waals surface area contributed by atoms with E-state index < -0.39 is 0 Å². The maximum Gasteiger partial charge on any atom is 0.142 e. The number of hydrogen-bond donors (Lipinski definition) is 1. The molecule has 3 rings (SSSR count). The van der Waals surface area contributed by atoms with E-state index in [4.69, 9.17) is 22.1 Å². The summed E-state index contributed by atoms with van der Waals surface area (Å²) in [6.45, 7) is 4.11. The average Bonchev–Trinajstić information content (AvgIpc) is 2.86. The summed E-state index contributed by atoms with van der Waals surface area (Å²) in [5.74, 6) is 1.15. The monoisotopic (exact) mass is 266 g/mol. The fourth-order valence-electron chi connectivity index (χ4n) is 2.95. The highest BCUT2D eigenvalue weighted by Gasteiger charge is 2.31. The smallest absolute Gasteiger partial charge is 0.142 e. The first-order chi connectivity index (χ1) is 8.75. The van der Waals surface area contributed by atoms with E-state index in [0.717, 1.165) is 17.9 Å². The van der Waals surface area contributed by atoms with Gasteiger partial charge in [-0.3, -0.25) is 0 Å². The third-order valence-electron chi connectivity index (χ3n) is 4.00. The first-order valence-corrected chi connectivity index (χ1v) is 7.02. The van der Waals surface area contributed by atoms with Crippen LogP contribution in [0.4, 0.5) is 0 Å². The summed E-state index contributed by atoms with van der Waals surface area (Å²) in [7, 11) is 0. The van der Waals surface area contributed by atoms with Gasteiger partial charge < -0.3 is 15.4 Å². The molecule has 0 radical (unpaired) electrons. The average molecular weight is 267 g/mol. The highest BCUT2D eigenvalue weighted by molar-refractivity contribution is 6.32. The molecule has 1 aromatic rings. The molecule has 0 bridgehead atoms. The normalized spacial score (nSPS) is 27.9. The van der Waals surface area contributed by atoms with Crippen LogP contribution in [0.3, 0.4) is 0 Å². The van der Waals surface area contributed by atoms with Crippen LogP contribution in [0, 0.1) is 5.92 Å². The molecule has 2 aliphatic rings. The summed E-state index contributed by atoms with van der Waals surface area (Å²) in [6, 6.07) is 5.87. The summed E-state index contributed by atoms with van der Waals surface area (Å²) < 4.78 is 5.81. The van der Waals surface area contributed by atoms with Gasteiger partial charge in [-0.25, -0.2) is 0 Å². The maximum absolute atomic E-state index is 6.37. The number of hydrogen-bond acceptors (Lipinski definition) is 3. The first-order valence-electron chi connectivity index (χ1n) is 6.65. The third kappa shape index (κ3) is 2.22. The Kier molecular flexibility index (Phi) is 3.46. The molecule has 2 aliphatic heterocycles. The fraction of sp³-hybridized carbons (Fsp3) is 0.571. The largest absolute Gasteiger partial charge is 0.491 e. The predicted octanol–water partition coefficient (Wildman–Crippen LogP) is 2.44. The van der Waals surface area contributed by atoms with Crippen molar-refractivity contribution in [3.8, 4) is 5.75 Å². The second-order valence-electron chi connectivity index (χ2n) is 5.26. The van der Waals surface area contributed by atoms with Gasteiger partial charge in [-0.1, -0.05) is 23.7 Å². The minimum absolute atomic E-state index is 0.0352. The van der Waals surface area contributed by atoms with Gasteiger partial charge in [0.15, 0.2) is 0 Å². The van der Waals surface area contributed by atoms with Crippen molar-refractivity contribution < 1.29 is 4.74 Å². The van der Waals surface area contributed by atoms with Crippen LogP contribution >= 0.6 is 11.6 Å². The summed E-state index contributed by atoms with van der Waals surface area (Å²) in [5.41, 5.74) is 7.43. The van der Waals surface area contributed by atoms with Crippen LogP contribution in [0.5, 0.6) is 5.75 Å². The molecule has 0 aromatic heterocycles. The number of ether oxygens (including phenoxy) is 1. The summed E-state index contributed by atoms with van der Waals surface area (Å²) in [6.07, 6.45) is 2.62. The molecular weight excluding hydrogens is 248 g/mol. The Morgan fingerprint density at radius 2 is 2.11 bits per heavy atom. The molecule has 4 heteroatoms. The highest BCUT2D eigenvalue weighted by Crippen LogP contribution is 2.39. The molecule has 1 saturated heterocycles. The molecule has 0 amide bonds. The molecule has 3 nitrogen and oxygen atoms in total. The predicted molar refractivity (Wildman–Crippen MR) is 73.0 cm³/mol. The molecule has 0 aliphatic carbocycles. The zero-order valence-electron chi connectivity index (χ0n) is 10.4. The molecule has 2 N–H and O–H groups in total. The van der Waals surface area contributed by atoms with Crippen molar-refractivity contribution in [1.29, 1.82) is 0 Å². The van der Waals surface area contributed by atoms with Gasteiger partial charge in [-0.15, -0.1) is 0 Å². The van der Waals surface area contributed by atoms with E-state index in [9.17, 15) is 0 Å².